The first kappa shape index (κ1) is 29.0. The van der Waals surface area contributed by atoms with E-state index in [9.17, 15) is 22.7 Å². The summed E-state index contributed by atoms with van der Waals surface area (Å²) in [5.74, 6) is -4.03. The van der Waals surface area contributed by atoms with E-state index in [1.165, 1.54) is 19.2 Å². The van der Waals surface area contributed by atoms with Crippen molar-refractivity contribution in [2.75, 3.05) is 7.11 Å². The number of phenolic OH excluding ortho intramolecular Hbond substituents is 1. The number of halogens is 4. The molecule has 2 nitrogen and oxygen atoms in total. The number of ether oxygens (including phenoxy) is 1. The van der Waals surface area contributed by atoms with Gasteiger partial charge in [0.15, 0.2) is 23.3 Å². The largest absolute Gasteiger partial charge is 0.508 e. The molecule has 0 aromatic heterocycles. The molecule has 1 fully saturated rings. The SMILES string of the molecule is C=C(CCC1CCC(c2ccc(-c3ccc(O)cc3)c(F)c2F)CC1)/C(F)=C(/F)C(=C)OC.C=CC. The Labute approximate surface area is 211 Å². The van der Waals surface area contributed by atoms with E-state index < -0.39 is 23.3 Å². The van der Waals surface area contributed by atoms with Crippen LogP contribution >= 0.6 is 0 Å². The summed E-state index contributed by atoms with van der Waals surface area (Å²) in [5, 5.41) is 9.40. The van der Waals surface area contributed by atoms with Gasteiger partial charge in [-0.2, -0.15) is 4.39 Å². The Kier molecular flexibility index (Phi) is 11.0. The quantitative estimate of drug-likeness (QED) is 0.169. The normalized spacial score (nSPS) is 17.8. The highest BCUT2D eigenvalue weighted by molar-refractivity contribution is 5.65. The maximum atomic E-state index is 14.9. The molecule has 3 rings (SSSR count). The first-order valence-electron chi connectivity index (χ1n) is 12.0. The summed E-state index contributed by atoms with van der Waals surface area (Å²) in [5.41, 5.74) is 1.08. The zero-order valence-electron chi connectivity index (χ0n) is 20.9. The molecular formula is C30H34F4O2. The lowest BCUT2D eigenvalue weighted by Gasteiger charge is -2.29. The van der Waals surface area contributed by atoms with E-state index in [2.05, 4.69) is 24.5 Å². The van der Waals surface area contributed by atoms with E-state index in [1.807, 2.05) is 6.92 Å². The Hall–Kier alpha value is -3.28. The molecule has 0 saturated heterocycles. The van der Waals surface area contributed by atoms with Gasteiger partial charge >= 0.3 is 0 Å². The Balaban J connectivity index is 0.00000145. The molecule has 1 saturated carbocycles. The topological polar surface area (TPSA) is 29.5 Å². The average molecular weight is 503 g/mol. The van der Waals surface area contributed by atoms with Crippen LogP contribution in [0.15, 0.2) is 85.2 Å². The van der Waals surface area contributed by atoms with Crippen LogP contribution in [0.3, 0.4) is 0 Å². The molecule has 1 aliphatic carbocycles. The zero-order chi connectivity index (χ0) is 26.8. The Bertz CT molecular complexity index is 1090. The molecule has 0 atom stereocenters. The predicted molar refractivity (Wildman–Crippen MR) is 138 cm³/mol. The Morgan fingerprint density at radius 3 is 2.11 bits per heavy atom. The fraction of sp³-hybridized carbons (Fsp3) is 0.333. The first-order chi connectivity index (χ1) is 17.1. The molecule has 0 unspecified atom stereocenters. The van der Waals surface area contributed by atoms with Crippen LogP contribution in [0.4, 0.5) is 17.6 Å². The molecule has 0 spiro atoms. The summed E-state index contributed by atoms with van der Waals surface area (Å²) in [4.78, 5) is 0. The molecule has 0 bridgehead atoms. The van der Waals surface area contributed by atoms with Gasteiger partial charge in [-0.25, -0.2) is 13.2 Å². The number of hydrogen-bond acceptors (Lipinski definition) is 2. The highest BCUT2D eigenvalue weighted by Gasteiger charge is 2.27. The van der Waals surface area contributed by atoms with E-state index >= 15 is 0 Å². The van der Waals surface area contributed by atoms with Crippen molar-refractivity contribution in [2.24, 2.45) is 5.92 Å². The van der Waals surface area contributed by atoms with E-state index in [0.29, 0.717) is 36.8 Å². The van der Waals surface area contributed by atoms with Crippen LogP contribution in [0.2, 0.25) is 0 Å². The minimum Gasteiger partial charge on any atom is -0.508 e. The third-order valence-corrected chi connectivity index (χ3v) is 6.43. The van der Waals surface area contributed by atoms with Crippen molar-refractivity contribution in [2.45, 2.75) is 51.4 Å². The molecule has 36 heavy (non-hydrogen) atoms. The number of aromatic hydroxyl groups is 1. The van der Waals surface area contributed by atoms with Crippen molar-refractivity contribution in [3.63, 3.8) is 0 Å². The molecule has 194 valence electrons. The molecule has 1 N–H and O–H groups in total. The van der Waals surface area contributed by atoms with Crippen LogP contribution < -0.4 is 0 Å². The molecule has 2 aromatic carbocycles. The number of benzene rings is 2. The van der Waals surface area contributed by atoms with E-state index in [0.717, 1.165) is 12.8 Å². The lowest BCUT2D eigenvalue weighted by Crippen LogP contribution is -2.15. The molecule has 0 aliphatic heterocycles. The number of allylic oxidation sites excluding steroid dienone is 4. The summed E-state index contributed by atoms with van der Waals surface area (Å²) in [7, 11) is 1.21. The van der Waals surface area contributed by atoms with Gasteiger partial charge in [0, 0.05) is 5.56 Å². The number of methoxy groups -OCH3 is 1. The maximum Gasteiger partial charge on any atom is 0.200 e. The summed E-state index contributed by atoms with van der Waals surface area (Å²) < 4.78 is 62.2. The molecule has 0 radical (unpaired) electrons. The lowest BCUT2D eigenvalue weighted by atomic mass is 9.76. The van der Waals surface area contributed by atoms with Crippen molar-refractivity contribution in [3.8, 4) is 16.9 Å². The highest BCUT2D eigenvalue weighted by atomic mass is 19.2. The average Bonchev–Trinajstić information content (AvgIpc) is 2.89. The summed E-state index contributed by atoms with van der Waals surface area (Å²) in [6.07, 6.45) is 5.66. The lowest BCUT2D eigenvalue weighted by molar-refractivity contribution is 0.280. The molecule has 0 amide bonds. The van der Waals surface area contributed by atoms with Gasteiger partial charge in [-0.05, 0) is 86.1 Å². The number of hydrogen-bond donors (Lipinski definition) is 1. The number of rotatable bonds is 8. The smallest absolute Gasteiger partial charge is 0.200 e. The van der Waals surface area contributed by atoms with Gasteiger partial charge in [-0.3, -0.25) is 0 Å². The fourth-order valence-electron chi connectivity index (χ4n) is 4.36. The van der Waals surface area contributed by atoms with Gasteiger partial charge in [0.2, 0.25) is 0 Å². The third-order valence-electron chi connectivity index (χ3n) is 6.43. The van der Waals surface area contributed by atoms with Gasteiger partial charge < -0.3 is 9.84 Å². The predicted octanol–water partition coefficient (Wildman–Crippen LogP) is 9.45. The van der Waals surface area contributed by atoms with Crippen molar-refractivity contribution in [1.82, 2.24) is 0 Å². The van der Waals surface area contributed by atoms with Crippen molar-refractivity contribution < 1.29 is 27.4 Å². The van der Waals surface area contributed by atoms with Gasteiger partial charge in [0.05, 0.1) is 7.11 Å². The standard InChI is InChI=1S/C27H28F4O2.C3H6/c1-16(24(28)25(29)17(2)33-3)4-5-18-6-8-19(9-7-18)22-14-15-23(27(31)26(22)30)20-10-12-21(32)13-11-20;1-3-2/h10-15,18-19,32H,1-2,4-9H2,3H3;3H,1H2,2H3/b25-24-;. The monoisotopic (exact) mass is 502 g/mol. The molecule has 2 aromatic rings. The van der Waals surface area contributed by atoms with Gasteiger partial charge in [0.25, 0.3) is 0 Å². The third kappa shape index (κ3) is 7.36. The molecule has 0 heterocycles. The van der Waals surface area contributed by atoms with Crippen molar-refractivity contribution >= 4 is 0 Å². The minimum atomic E-state index is -1.14. The summed E-state index contributed by atoms with van der Waals surface area (Å²) in [6.45, 7) is 12.2. The summed E-state index contributed by atoms with van der Waals surface area (Å²) in [6, 6.07) is 9.16. The van der Waals surface area contributed by atoms with Gasteiger partial charge in [0.1, 0.15) is 11.5 Å². The van der Waals surface area contributed by atoms with Gasteiger partial charge in [-0.1, -0.05) is 43.5 Å². The van der Waals surface area contributed by atoms with Crippen molar-refractivity contribution in [1.29, 1.82) is 0 Å². The number of phenols is 1. The Morgan fingerprint density at radius 1 is 0.972 bits per heavy atom. The molecule has 6 heteroatoms. The van der Waals surface area contributed by atoms with Crippen LogP contribution in [0.5, 0.6) is 5.75 Å². The molecular weight excluding hydrogens is 468 g/mol. The van der Waals surface area contributed by atoms with Crippen molar-refractivity contribution in [3.05, 3.63) is 102 Å². The minimum absolute atomic E-state index is 0.0564. The zero-order valence-corrected chi connectivity index (χ0v) is 20.9. The van der Waals surface area contributed by atoms with Crippen LogP contribution in [-0.4, -0.2) is 12.2 Å². The van der Waals surface area contributed by atoms with E-state index in [1.54, 1.807) is 30.3 Å². The first-order valence-corrected chi connectivity index (χ1v) is 12.0. The molecule has 1 aliphatic rings. The van der Waals surface area contributed by atoms with Crippen LogP contribution in [-0.2, 0) is 4.74 Å². The van der Waals surface area contributed by atoms with Crippen LogP contribution in [0, 0.1) is 17.6 Å². The second-order valence-corrected chi connectivity index (χ2v) is 8.90. The van der Waals surface area contributed by atoms with E-state index in [4.69, 9.17) is 0 Å². The maximum absolute atomic E-state index is 14.9. The van der Waals surface area contributed by atoms with Crippen LogP contribution in [0.1, 0.15) is 56.9 Å². The fourth-order valence-corrected chi connectivity index (χ4v) is 4.36. The van der Waals surface area contributed by atoms with Gasteiger partial charge in [-0.15, -0.1) is 6.58 Å². The second kappa shape index (κ2) is 13.7. The highest BCUT2D eigenvalue weighted by Crippen LogP contribution is 2.41. The van der Waals surface area contributed by atoms with Crippen LogP contribution in [0.25, 0.3) is 11.1 Å². The summed E-state index contributed by atoms with van der Waals surface area (Å²) >= 11 is 0. The Morgan fingerprint density at radius 2 is 1.56 bits per heavy atom. The second-order valence-electron chi connectivity index (χ2n) is 8.90. The van der Waals surface area contributed by atoms with E-state index in [-0.39, 0.29) is 34.5 Å².